The van der Waals surface area contributed by atoms with Gasteiger partial charge in [0, 0.05) is 38.4 Å². The fourth-order valence-corrected chi connectivity index (χ4v) is 4.83. The average molecular weight is 539 g/mol. The average Bonchev–Trinajstić information content (AvgIpc) is 2.93. The van der Waals surface area contributed by atoms with Gasteiger partial charge in [0.1, 0.15) is 6.07 Å². The van der Waals surface area contributed by atoms with Crippen molar-refractivity contribution in [3.05, 3.63) is 71.5 Å². The number of hydrogen-bond acceptors (Lipinski definition) is 7. The molecule has 11 heteroatoms. The zero-order valence-electron chi connectivity index (χ0n) is 21.5. The van der Waals surface area contributed by atoms with Gasteiger partial charge in [-0.1, -0.05) is 6.07 Å². The molecule has 0 spiro atoms. The standard InChI is InChI=1S/C28H29F3N6O2/c1-2-39-26-22(4-3-13-34-26)23-7-5-21(18-35-23)27(36-25(38)9-12-32)10-14-37(15-11-27)24-8-6-20(28(29,30)31)16-19(24)17-33/h3-8,13,16,18H,2,9-12,14-15,32H2,1H3,(H,36,38). The van der Waals surface area contributed by atoms with Crippen LogP contribution in [0.4, 0.5) is 18.9 Å². The molecule has 3 aromatic rings. The molecule has 0 saturated carbocycles. The van der Waals surface area contributed by atoms with E-state index in [0.717, 1.165) is 23.3 Å². The van der Waals surface area contributed by atoms with Gasteiger partial charge in [0.25, 0.3) is 0 Å². The Morgan fingerprint density at radius 3 is 2.59 bits per heavy atom. The normalized spacial score (nSPS) is 14.9. The number of ether oxygens (including phenoxy) is 1. The Kier molecular flexibility index (Phi) is 8.35. The third kappa shape index (κ3) is 6.12. The minimum absolute atomic E-state index is 0.0444. The number of carbonyl (C=O) groups is 1. The van der Waals surface area contributed by atoms with Gasteiger partial charge in [-0.3, -0.25) is 9.78 Å². The lowest BCUT2D eigenvalue weighted by molar-refractivity contribution is -0.137. The number of amides is 1. The number of aromatic nitrogens is 2. The van der Waals surface area contributed by atoms with Crippen LogP contribution in [-0.2, 0) is 16.5 Å². The van der Waals surface area contributed by atoms with Crippen molar-refractivity contribution >= 4 is 11.6 Å². The number of nitrogens with two attached hydrogens (primary N) is 1. The van der Waals surface area contributed by atoms with Gasteiger partial charge in [0.15, 0.2) is 0 Å². The second kappa shape index (κ2) is 11.7. The number of nitrogens with one attached hydrogen (secondary N) is 1. The maximum atomic E-state index is 13.2. The van der Waals surface area contributed by atoms with E-state index >= 15 is 0 Å². The third-order valence-electron chi connectivity index (χ3n) is 6.80. The molecule has 4 rings (SSSR count). The molecule has 39 heavy (non-hydrogen) atoms. The van der Waals surface area contributed by atoms with Crippen LogP contribution in [0.1, 0.15) is 42.9 Å². The Morgan fingerprint density at radius 2 is 1.97 bits per heavy atom. The lowest BCUT2D eigenvalue weighted by atomic mass is 9.81. The Hall–Kier alpha value is -4.17. The number of rotatable bonds is 8. The topological polar surface area (TPSA) is 117 Å². The summed E-state index contributed by atoms with van der Waals surface area (Å²) in [5, 5.41) is 12.7. The van der Waals surface area contributed by atoms with Crippen LogP contribution in [-0.4, -0.2) is 42.1 Å². The van der Waals surface area contributed by atoms with Crippen molar-refractivity contribution < 1.29 is 22.7 Å². The predicted octanol–water partition coefficient (Wildman–Crippen LogP) is 4.39. The number of anilines is 1. The van der Waals surface area contributed by atoms with Gasteiger partial charge in [-0.15, -0.1) is 0 Å². The molecule has 3 N–H and O–H groups in total. The zero-order valence-corrected chi connectivity index (χ0v) is 21.5. The van der Waals surface area contributed by atoms with Crippen molar-refractivity contribution in [2.24, 2.45) is 5.73 Å². The largest absolute Gasteiger partial charge is 0.477 e. The summed E-state index contributed by atoms with van der Waals surface area (Å²) < 4.78 is 45.1. The fraction of sp³-hybridized carbons (Fsp3) is 0.357. The first kappa shape index (κ1) is 27.9. The molecule has 1 saturated heterocycles. The number of benzene rings is 1. The number of carbonyl (C=O) groups excluding carboxylic acids is 1. The second-order valence-electron chi connectivity index (χ2n) is 9.22. The molecular formula is C28H29F3N6O2. The van der Waals surface area contributed by atoms with Crippen LogP contribution in [0.25, 0.3) is 11.3 Å². The quantitative estimate of drug-likeness (QED) is 0.437. The van der Waals surface area contributed by atoms with Crippen molar-refractivity contribution in [1.29, 1.82) is 5.26 Å². The van der Waals surface area contributed by atoms with Gasteiger partial charge in [0.2, 0.25) is 11.8 Å². The van der Waals surface area contributed by atoms with E-state index in [2.05, 4.69) is 15.3 Å². The highest BCUT2D eigenvalue weighted by molar-refractivity contribution is 5.77. The maximum Gasteiger partial charge on any atom is 0.416 e. The Morgan fingerprint density at radius 1 is 1.21 bits per heavy atom. The molecule has 0 aliphatic carbocycles. The molecule has 0 unspecified atom stereocenters. The molecule has 1 amide bonds. The molecule has 1 aliphatic heterocycles. The van der Waals surface area contributed by atoms with Crippen LogP contribution < -0.4 is 20.7 Å². The molecule has 1 fully saturated rings. The molecule has 8 nitrogen and oxygen atoms in total. The summed E-state index contributed by atoms with van der Waals surface area (Å²) in [6.07, 6.45) is -0.113. The lowest BCUT2D eigenvalue weighted by Crippen LogP contribution is -2.53. The number of piperidine rings is 1. The van der Waals surface area contributed by atoms with Gasteiger partial charge < -0.3 is 20.7 Å². The number of nitrogens with zero attached hydrogens (tertiary/aromatic N) is 4. The molecule has 204 valence electrons. The highest BCUT2D eigenvalue weighted by Gasteiger charge is 2.39. The third-order valence-corrected chi connectivity index (χ3v) is 6.80. The van der Waals surface area contributed by atoms with E-state index in [0.29, 0.717) is 49.8 Å². The van der Waals surface area contributed by atoms with Gasteiger partial charge >= 0.3 is 6.18 Å². The summed E-state index contributed by atoms with van der Waals surface area (Å²) in [4.78, 5) is 23.5. The highest BCUT2D eigenvalue weighted by atomic mass is 19.4. The Balaban J connectivity index is 1.61. The first-order valence-electron chi connectivity index (χ1n) is 12.6. The fourth-order valence-electron chi connectivity index (χ4n) is 4.83. The lowest BCUT2D eigenvalue weighted by Gasteiger charge is -2.43. The van der Waals surface area contributed by atoms with Gasteiger partial charge in [-0.25, -0.2) is 4.98 Å². The minimum Gasteiger partial charge on any atom is -0.477 e. The van der Waals surface area contributed by atoms with Crippen LogP contribution in [0.2, 0.25) is 0 Å². The number of halogens is 3. The molecule has 1 aromatic carbocycles. The molecule has 0 bridgehead atoms. The number of alkyl halides is 3. The number of hydrogen-bond donors (Lipinski definition) is 2. The molecule has 0 atom stereocenters. The molecular weight excluding hydrogens is 509 g/mol. The second-order valence-corrected chi connectivity index (χ2v) is 9.22. The van der Waals surface area contributed by atoms with E-state index in [1.807, 2.05) is 36.1 Å². The Labute approximate surface area is 224 Å². The maximum absolute atomic E-state index is 13.2. The van der Waals surface area contributed by atoms with E-state index < -0.39 is 17.3 Å². The van der Waals surface area contributed by atoms with Crippen LogP contribution in [0.3, 0.4) is 0 Å². The van der Waals surface area contributed by atoms with Crippen molar-refractivity contribution in [3.8, 4) is 23.2 Å². The molecule has 3 heterocycles. The van der Waals surface area contributed by atoms with Crippen LogP contribution in [0.5, 0.6) is 5.88 Å². The molecule has 0 radical (unpaired) electrons. The van der Waals surface area contributed by atoms with Crippen molar-refractivity contribution in [2.45, 2.75) is 37.9 Å². The number of pyridine rings is 2. The Bertz CT molecular complexity index is 1350. The summed E-state index contributed by atoms with van der Waals surface area (Å²) in [5.41, 5.74) is 6.57. The summed E-state index contributed by atoms with van der Waals surface area (Å²) >= 11 is 0. The predicted molar refractivity (Wildman–Crippen MR) is 140 cm³/mol. The highest BCUT2D eigenvalue weighted by Crippen LogP contribution is 2.38. The van der Waals surface area contributed by atoms with Crippen molar-refractivity contribution in [3.63, 3.8) is 0 Å². The SMILES string of the molecule is CCOc1ncccc1-c1ccc(C2(NC(=O)CCN)CCN(c3ccc(C(F)(F)F)cc3C#N)CC2)cn1. The van der Waals surface area contributed by atoms with Crippen LogP contribution >= 0.6 is 0 Å². The van der Waals surface area contributed by atoms with Crippen molar-refractivity contribution in [1.82, 2.24) is 15.3 Å². The summed E-state index contributed by atoms with van der Waals surface area (Å²) in [6, 6.07) is 12.5. The van der Waals surface area contributed by atoms with E-state index in [-0.39, 0.29) is 24.4 Å². The summed E-state index contributed by atoms with van der Waals surface area (Å²) in [5.74, 6) is 0.275. The van der Waals surface area contributed by atoms with Gasteiger partial charge in [-0.05, 0) is 61.7 Å². The zero-order chi connectivity index (χ0) is 28.0. The van der Waals surface area contributed by atoms with E-state index in [4.69, 9.17) is 10.5 Å². The monoisotopic (exact) mass is 538 g/mol. The first-order chi connectivity index (χ1) is 18.7. The minimum atomic E-state index is -4.53. The smallest absolute Gasteiger partial charge is 0.416 e. The van der Waals surface area contributed by atoms with E-state index in [1.165, 1.54) is 6.07 Å². The summed E-state index contributed by atoms with van der Waals surface area (Å²) in [6.45, 7) is 3.34. The van der Waals surface area contributed by atoms with Crippen molar-refractivity contribution in [2.75, 3.05) is 31.1 Å². The summed E-state index contributed by atoms with van der Waals surface area (Å²) in [7, 11) is 0. The molecule has 1 aliphatic rings. The number of nitriles is 1. The van der Waals surface area contributed by atoms with Crippen LogP contribution in [0.15, 0.2) is 54.9 Å². The van der Waals surface area contributed by atoms with E-state index in [1.54, 1.807) is 18.5 Å². The van der Waals surface area contributed by atoms with Gasteiger partial charge in [0.05, 0.1) is 40.2 Å². The van der Waals surface area contributed by atoms with Gasteiger partial charge in [-0.2, -0.15) is 18.4 Å². The first-order valence-corrected chi connectivity index (χ1v) is 12.6. The van der Waals surface area contributed by atoms with Crippen LogP contribution in [0, 0.1) is 11.3 Å². The van der Waals surface area contributed by atoms with E-state index in [9.17, 15) is 23.2 Å². The molecule has 2 aromatic heterocycles.